The first-order valence-electron chi connectivity index (χ1n) is 17.0. The number of carbonyl (C=O) groups is 6. The third kappa shape index (κ3) is 10.9. The number of esters is 1. The predicted molar refractivity (Wildman–Crippen MR) is 208 cm³/mol. The number of ether oxygens (including phenoxy) is 1. The molecule has 2 aliphatic heterocycles. The lowest BCUT2D eigenvalue weighted by atomic mass is 9.97. The van der Waals surface area contributed by atoms with Crippen molar-refractivity contribution < 1.29 is 55.2 Å². The second kappa shape index (κ2) is 17.7. The third-order valence-corrected chi connectivity index (χ3v) is 10.1. The Balaban J connectivity index is 0.000000448. The number of hydrogen-bond donors (Lipinski definition) is 5. The first kappa shape index (κ1) is 44.7. The molecule has 7 amide bonds. The summed E-state index contributed by atoms with van der Waals surface area (Å²) in [4.78, 5) is 84.8. The SMILES string of the molecule is CC1C(N)C(=O)N1C(=O)NS(C)(=O)=O.C[C@H]1[C@H](NC(=O)/C(=N\OC(C)(C)C(=O)OC(c2ccccc2)c2ccccc2)c2csc(N)n2)C(=O)N1C(=O)NS(C)(=O)=O. The fourth-order valence-electron chi connectivity index (χ4n) is 5.28. The molecule has 2 aliphatic rings. The highest BCUT2D eigenvalue weighted by molar-refractivity contribution is 7.89. The van der Waals surface area contributed by atoms with Crippen LogP contribution >= 0.6 is 11.3 Å². The third-order valence-electron chi connectivity index (χ3n) is 8.38. The lowest BCUT2D eigenvalue weighted by Crippen LogP contribution is -2.73. The van der Waals surface area contributed by atoms with Crippen molar-refractivity contribution in [2.24, 2.45) is 10.9 Å². The van der Waals surface area contributed by atoms with Crippen molar-refractivity contribution in [3.05, 3.63) is 82.9 Å². The second-order valence-corrected chi connectivity index (χ2v) is 17.8. The summed E-state index contributed by atoms with van der Waals surface area (Å²) in [6, 6.07) is 12.9. The van der Waals surface area contributed by atoms with Crippen molar-refractivity contribution in [3.8, 4) is 0 Å². The molecule has 312 valence electrons. The summed E-state index contributed by atoms with van der Waals surface area (Å²) in [5.74, 6) is -3.12. The van der Waals surface area contributed by atoms with Gasteiger partial charge in [0.1, 0.15) is 17.8 Å². The van der Waals surface area contributed by atoms with Crippen LogP contribution in [-0.2, 0) is 48.8 Å². The van der Waals surface area contributed by atoms with Gasteiger partial charge in [-0.25, -0.2) is 45.6 Å². The molecule has 2 aromatic carbocycles. The topological polar surface area (TPSA) is 309 Å². The number of benzene rings is 2. The Morgan fingerprint density at radius 2 is 1.33 bits per heavy atom. The zero-order valence-electron chi connectivity index (χ0n) is 31.8. The molecular formula is C34H41N9O12S3. The highest BCUT2D eigenvalue weighted by Gasteiger charge is 2.50. The smallest absolute Gasteiger partial charge is 0.353 e. The number of nitrogen functional groups attached to an aromatic ring is 1. The molecule has 2 fully saturated rings. The lowest BCUT2D eigenvalue weighted by Gasteiger charge is -2.43. The van der Waals surface area contributed by atoms with Crippen molar-refractivity contribution >= 4 is 78.0 Å². The number of hydrogen-bond acceptors (Lipinski definition) is 17. The van der Waals surface area contributed by atoms with E-state index in [-0.39, 0.29) is 10.8 Å². The van der Waals surface area contributed by atoms with Gasteiger partial charge < -0.3 is 26.4 Å². The second-order valence-electron chi connectivity index (χ2n) is 13.5. The Kier molecular flexibility index (Phi) is 13.6. The molecule has 1 aromatic heterocycles. The van der Waals surface area contributed by atoms with Crippen LogP contribution in [0.25, 0.3) is 0 Å². The van der Waals surface area contributed by atoms with Crippen LogP contribution in [0.15, 0.2) is 71.2 Å². The van der Waals surface area contributed by atoms with Crippen molar-refractivity contribution in [3.63, 3.8) is 0 Å². The quantitative estimate of drug-likeness (QED) is 0.0742. The summed E-state index contributed by atoms with van der Waals surface area (Å²) in [5.41, 5.74) is 10.4. The maximum atomic E-state index is 13.4. The molecule has 0 radical (unpaired) electrons. The Morgan fingerprint density at radius 1 is 0.845 bits per heavy atom. The molecule has 3 aromatic rings. The standard InChI is InChI=1S/C28H30N6O8S2.C6H11N3O4S/c1-16-20(24(36)34(16)27(38)33-44(4,39)40)31-23(35)21(19-15-43-26(29)30-19)32-42-28(2,3)25(37)41-22(17-11-7-5-8-12-17)18-13-9-6-10-14-18;1-3-4(7)5(10)9(3)6(11)8-14(2,12)13/h5-16,20,22H,1-4H3,(H2,29,30)(H,31,35)(H,33,38);3-4H,7H2,1-2H3,(H,8,11)/b32-21-;/t16-,20-;/m0./s1. The molecule has 0 aliphatic carbocycles. The fraction of sp³-hybridized carbons (Fsp3) is 0.353. The van der Waals surface area contributed by atoms with Crippen LogP contribution in [0.4, 0.5) is 14.7 Å². The van der Waals surface area contributed by atoms with Gasteiger partial charge in [0.05, 0.1) is 24.6 Å². The van der Waals surface area contributed by atoms with Gasteiger partial charge in [-0.2, -0.15) is 0 Å². The minimum Gasteiger partial charge on any atom is -0.450 e. The highest BCUT2D eigenvalue weighted by Crippen LogP contribution is 2.29. The zero-order valence-corrected chi connectivity index (χ0v) is 34.3. The van der Waals surface area contributed by atoms with Gasteiger partial charge in [-0.3, -0.25) is 24.2 Å². The number of imide groups is 2. The van der Waals surface area contributed by atoms with E-state index in [0.717, 1.165) is 39.9 Å². The number of nitrogens with two attached hydrogens (primary N) is 2. The number of aromatic nitrogens is 1. The molecule has 2 unspecified atom stereocenters. The van der Waals surface area contributed by atoms with Gasteiger partial charge in [-0.1, -0.05) is 65.8 Å². The summed E-state index contributed by atoms with van der Waals surface area (Å²) in [5, 5.41) is 7.92. The Morgan fingerprint density at radius 3 is 1.74 bits per heavy atom. The number of amides is 7. The number of nitrogens with zero attached hydrogens (tertiary/aromatic N) is 4. The maximum absolute atomic E-state index is 13.4. The van der Waals surface area contributed by atoms with Crippen molar-refractivity contribution in [2.45, 2.75) is 63.6 Å². The van der Waals surface area contributed by atoms with E-state index in [1.165, 1.54) is 26.2 Å². The average molecular weight is 864 g/mol. The number of nitrogens with one attached hydrogen (secondary N) is 3. The van der Waals surface area contributed by atoms with E-state index >= 15 is 0 Å². The van der Waals surface area contributed by atoms with Gasteiger partial charge in [-0.15, -0.1) is 11.3 Å². The number of carbonyl (C=O) groups excluding carboxylic acids is 6. The maximum Gasteiger partial charge on any atom is 0.353 e. The molecule has 5 rings (SSSR count). The monoisotopic (exact) mass is 863 g/mol. The lowest BCUT2D eigenvalue weighted by molar-refractivity contribution is -0.172. The van der Waals surface area contributed by atoms with Gasteiger partial charge in [0.25, 0.3) is 11.8 Å². The van der Waals surface area contributed by atoms with Crippen molar-refractivity contribution in [1.82, 2.24) is 29.5 Å². The molecule has 7 N–H and O–H groups in total. The minimum absolute atomic E-state index is 0.00622. The highest BCUT2D eigenvalue weighted by atomic mass is 32.2. The van der Waals surface area contributed by atoms with E-state index < -0.39 is 97.4 Å². The number of oxime groups is 1. The number of β-lactam (4-membered cyclic amide) rings is 2. The number of thiazole rings is 1. The van der Waals surface area contributed by atoms with Crippen molar-refractivity contribution in [1.29, 1.82) is 0 Å². The fourth-order valence-corrected chi connectivity index (χ4v) is 6.66. The summed E-state index contributed by atoms with van der Waals surface area (Å²) >= 11 is 1.02. The largest absolute Gasteiger partial charge is 0.450 e. The zero-order chi connectivity index (χ0) is 43.3. The van der Waals surface area contributed by atoms with E-state index in [2.05, 4.69) is 15.5 Å². The van der Waals surface area contributed by atoms with Crippen molar-refractivity contribution in [2.75, 3.05) is 18.2 Å². The number of rotatable bonds is 11. The molecule has 4 atom stereocenters. The molecule has 2 saturated heterocycles. The van der Waals surface area contributed by atoms with Crippen LogP contribution in [0.5, 0.6) is 0 Å². The minimum atomic E-state index is -3.92. The first-order chi connectivity index (χ1) is 26.9. The van der Waals surface area contributed by atoms with E-state index in [9.17, 15) is 45.6 Å². The van der Waals surface area contributed by atoms with E-state index in [1.807, 2.05) is 60.7 Å². The van der Waals surface area contributed by atoms with Gasteiger partial charge in [0, 0.05) is 5.38 Å². The molecule has 0 bridgehead atoms. The average Bonchev–Trinajstić information content (AvgIpc) is 3.57. The summed E-state index contributed by atoms with van der Waals surface area (Å²) in [7, 11) is -7.56. The van der Waals surface area contributed by atoms with E-state index in [4.69, 9.17) is 21.0 Å². The normalized spacial score (nSPS) is 19.5. The van der Waals surface area contributed by atoms with Crippen LogP contribution in [0.3, 0.4) is 0 Å². The molecule has 58 heavy (non-hydrogen) atoms. The summed E-state index contributed by atoms with van der Waals surface area (Å²) in [6.07, 6.45) is 0.842. The van der Waals surface area contributed by atoms with Gasteiger partial charge in [-0.05, 0) is 38.8 Å². The number of sulfonamides is 2. The van der Waals surface area contributed by atoms with E-state index in [0.29, 0.717) is 4.90 Å². The number of urea groups is 2. The Bertz CT molecular complexity index is 2280. The predicted octanol–water partition coefficient (Wildman–Crippen LogP) is 0.156. The molecule has 3 heterocycles. The molecule has 0 spiro atoms. The molecule has 24 heteroatoms. The molecule has 21 nitrogen and oxygen atoms in total. The van der Waals surface area contributed by atoms with Crippen LogP contribution in [-0.4, -0.2) is 115 Å². The van der Waals surface area contributed by atoms with Gasteiger partial charge in [0.2, 0.25) is 31.6 Å². The summed E-state index contributed by atoms with van der Waals surface area (Å²) in [6.45, 7) is 5.82. The molecular weight excluding hydrogens is 823 g/mol. The number of likely N-dealkylation sites (tertiary alicyclic amines) is 2. The summed E-state index contributed by atoms with van der Waals surface area (Å²) < 4.78 is 53.4. The van der Waals surface area contributed by atoms with Gasteiger partial charge >= 0.3 is 18.0 Å². The first-order valence-corrected chi connectivity index (χ1v) is 21.6. The van der Waals surface area contributed by atoms with Crippen LogP contribution in [0.2, 0.25) is 0 Å². The molecule has 0 saturated carbocycles. The van der Waals surface area contributed by atoms with Crippen LogP contribution in [0.1, 0.15) is 50.6 Å². The Hall–Kier alpha value is -5.98. The van der Waals surface area contributed by atoms with Gasteiger partial charge in [0.15, 0.2) is 16.9 Å². The van der Waals surface area contributed by atoms with Crippen LogP contribution in [0, 0.1) is 0 Å². The number of anilines is 1. The van der Waals surface area contributed by atoms with E-state index in [1.54, 1.807) is 16.4 Å². The Labute approximate surface area is 337 Å². The van der Waals surface area contributed by atoms with Crippen LogP contribution < -0.4 is 26.2 Å².